The number of hydrogen-bond donors (Lipinski definition) is 1. The lowest BCUT2D eigenvalue weighted by Gasteiger charge is -2.12. The Hall–Kier alpha value is -0.860. The first-order chi connectivity index (χ1) is 5.38. The number of nitrogens with two attached hydrogens (primary N) is 1. The molecule has 0 saturated carbocycles. The van der Waals surface area contributed by atoms with Crippen molar-refractivity contribution in [2.24, 2.45) is 5.73 Å². The molecule has 0 fully saturated rings. The Bertz CT molecular complexity index is 194. The Morgan fingerprint density at radius 3 is 2.45 bits per heavy atom. The summed E-state index contributed by atoms with van der Waals surface area (Å²) < 4.78 is 5.16. The van der Waals surface area contributed by atoms with Crippen LogP contribution in [0.25, 0.3) is 0 Å². The number of benzene rings is 1. The van der Waals surface area contributed by atoms with Crippen molar-refractivity contribution in [2.45, 2.75) is 6.10 Å². The van der Waals surface area contributed by atoms with Crippen molar-refractivity contribution in [3.8, 4) is 0 Å². The van der Waals surface area contributed by atoms with Gasteiger partial charge in [-0.15, -0.1) is 0 Å². The van der Waals surface area contributed by atoms with Gasteiger partial charge in [0.2, 0.25) is 0 Å². The molecule has 2 N–H and O–H groups in total. The van der Waals surface area contributed by atoms with E-state index in [9.17, 15) is 0 Å². The Morgan fingerprint density at radius 1 is 1.36 bits per heavy atom. The van der Waals surface area contributed by atoms with E-state index in [0.717, 1.165) is 5.56 Å². The number of rotatable bonds is 3. The van der Waals surface area contributed by atoms with E-state index in [1.54, 1.807) is 7.11 Å². The van der Waals surface area contributed by atoms with Gasteiger partial charge in [-0.1, -0.05) is 30.3 Å². The summed E-state index contributed by atoms with van der Waals surface area (Å²) >= 11 is 0. The molecule has 0 amide bonds. The van der Waals surface area contributed by atoms with Crippen LogP contribution in [0.4, 0.5) is 0 Å². The van der Waals surface area contributed by atoms with Crippen LogP contribution in [0.5, 0.6) is 0 Å². The highest BCUT2D eigenvalue weighted by molar-refractivity contribution is 5.17. The van der Waals surface area contributed by atoms with Crippen LogP contribution in [0, 0.1) is 0 Å². The largest absolute Gasteiger partial charge is 0.375 e. The van der Waals surface area contributed by atoms with E-state index in [1.165, 1.54) is 0 Å². The Morgan fingerprint density at radius 2 is 2.00 bits per heavy atom. The van der Waals surface area contributed by atoms with Gasteiger partial charge in [0.1, 0.15) is 0 Å². The molecule has 0 bridgehead atoms. The van der Waals surface area contributed by atoms with Crippen molar-refractivity contribution in [3.63, 3.8) is 0 Å². The first-order valence-electron chi connectivity index (χ1n) is 3.66. The van der Waals surface area contributed by atoms with Crippen LogP contribution in [0.3, 0.4) is 0 Å². The fourth-order valence-corrected chi connectivity index (χ4v) is 1.04. The molecule has 0 saturated heterocycles. The van der Waals surface area contributed by atoms with Crippen LogP contribution in [0.1, 0.15) is 11.7 Å². The zero-order valence-electron chi connectivity index (χ0n) is 6.66. The summed E-state index contributed by atoms with van der Waals surface area (Å²) in [5.74, 6) is 0. The maximum absolute atomic E-state index is 5.49. The van der Waals surface area contributed by atoms with Gasteiger partial charge >= 0.3 is 0 Å². The average molecular weight is 151 g/mol. The number of ether oxygens (including phenoxy) is 1. The predicted octanol–water partition coefficient (Wildman–Crippen LogP) is 1.33. The lowest BCUT2D eigenvalue weighted by Crippen LogP contribution is -2.13. The SMILES string of the molecule is CO[C@H](CN)c1ccccc1. The van der Waals surface area contributed by atoms with Crippen LogP contribution in [-0.2, 0) is 4.74 Å². The van der Waals surface area contributed by atoms with Crippen LogP contribution in [0.2, 0.25) is 0 Å². The maximum atomic E-state index is 5.49. The molecule has 0 heterocycles. The summed E-state index contributed by atoms with van der Waals surface area (Å²) in [7, 11) is 1.67. The molecule has 1 aromatic carbocycles. The second kappa shape index (κ2) is 4.11. The third-order valence-electron chi connectivity index (χ3n) is 1.67. The van der Waals surface area contributed by atoms with Crippen molar-refractivity contribution in [3.05, 3.63) is 35.9 Å². The van der Waals surface area contributed by atoms with Crippen LogP contribution in [0.15, 0.2) is 30.3 Å². The molecule has 0 aliphatic heterocycles. The minimum atomic E-state index is 0.0381. The minimum absolute atomic E-state index is 0.0381. The highest BCUT2D eigenvalue weighted by Gasteiger charge is 2.05. The third kappa shape index (κ3) is 2.03. The lowest BCUT2D eigenvalue weighted by molar-refractivity contribution is 0.110. The van der Waals surface area contributed by atoms with E-state index in [0.29, 0.717) is 6.54 Å². The van der Waals surface area contributed by atoms with Crippen LogP contribution in [-0.4, -0.2) is 13.7 Å². The van der Waals surface area contributed by atoms with Gasteiger partial charge in [-0.2, -0.15) is 0 Å². The topological polar surface area (TPSA) is 35.2 Å². The summed E-state index contributed by atoms with van der Waals surface area (Å²) in [4.78, 5) is 0. The molecular formula is C9H13NO. The number of hydrogen-bond acceptors (Lipinski definition) is 2. The summed E-state index contributed by atoms with van der Waals surface area (Å²) in [5.41, 5.74) is 6.63. The minimum Gasteiger partial charge on any atom is -0.375 e. The molecule has 0 aliphatic rings. The van der Waals surface area contributed by atoms with E-state index in [1.807, 2.05) is 30.3 Å². The summed E-state index contributed by atoms with van der Waals surface area (Å²) in [6, 6.07) is 9.98. The highest BCUT2D eigenvalue weighted by atomic mass is 16.5. The monoisotopic (exact) mass is 151 g/mol. The van der Waals surface area contributed by atoms with Crippen molar-refractivity contribution >= 4 is 0 Å². The van der Waals surface area contributed by atoms with E-state index in [4.69, 9.17) is 10.5 Å². The Balaban J connectivity index is 2.74. The van der Waals surface area contributed by atoms with Gasteiger partial charge in [0.15, 0.2) is 0 Å². The van der Waals surface area contributed by atoms with E-state index in [2.05, 4.69) is 0 Å². The summed E-state index contributed by atoms with van der Waals surface area (Å²) in [6.45, 7) is 0.528. The smallest absolute Gasteiger partial charge is 0.0943 e. The summed E-state index contributed by atoms with van der Waals surface area (Å²) in [6.07, 6.45) is 0.0381. The molecule has 60 valence electrons. The fraction of sp³-hybridized carbons (Fsp3) is 0.333. The van der Waals surface area contributed by atoms with Gasteiger partial charge in [-0.05, 0) is 5.56 Å². The quantitative estimate of drug-likeness (QED) is 0.707. The van der Waals surface area contributed by atoms with Gasteiger partial charge in [0.05, 0.1) is 6.10 Å². The fourth-order valence-electron chi connectivity index (χ4n) is 1.04. The van der Waals surface area contributed by atoms with Crippen LogP contribution < -0.4 is 5.73 Å². The first kappa shape index (κ1) is 8.24. The molecule has 0 radical (unpaired) electrons. The number of methoxy groups -OCH3 is 1. The van der Waals surface area contributed by atoms with Gasteiger partial charge in [-0.25, -0.2) is 0 Å². The molecule has 0 spiro atoms. The normalized spacial score (nSPS) is 12.9. The van der Waals surface area contributed by atoms with E-state index < -0.39 is 0 Å². The van der Waals surface area contributed by atoms with Crippen molar-refractivity contribution in [1.29, 1.82) is 0 Å². The van der Waals surface area contributed by atoms with Gasteiger partial charge < -0.3 is 10.5 Å². The van der Waals surface area contributed by atoms with Gasteiger partial charge in [-0.3, -0.25) is 0 Å². The van der Waals surface area contributed by atoms with Crippen molar-refractivity contribution in [2.75, 3.05) is 13.7 Å². The van der Waals surface area contributed by atoms with Gasteiger partial charge in [0.25, 0.3) is 0 Å². The molecule has 0 aromatic heterocycles. The molecule has 1 atom stereocenters. The van der Waals surface area contributed by atoms with Crippen molar-refractivity contribution < 1.29 is 4.74 Å². The average Bonchev–Trinajstić information content (AvgIpc) is 2.09. The molecule has 0 unspecified atom stereocenters. The molecule has 2 heteroatoms. The zero-order chi connectivity index (χ0) is 8.10. The Labute approximate surface area is 67.0 Å². The third-order valence-corrected chi connectivity index (χ3v) is 1.67. The van der Waals surface area contributed by atoms with E-state index >= 15 is 0 Å². The first-order valence-corrected chi connectivity index (χ1v) is 3.66. The zero-order valence-corrected chi connectivity index (χ0v) is 6.66. The second-order valence-corrected chi connectivity index (χ2v) is 2.37. The second-order valence-electron chi connectivity index (χ2n) is 2.37. The molecule has 1 rings (SSSR count). The highest BCUT2D eigenvalue weighted by Crippen LogP contribution is 2.13. The molecule has 0 aliphatic carbocycles. The van der Waals surface area contributed by atoms with Gasteiger partial charge in [0, 0.05) is 13.7 Å². The molecule has 1 aromatic rings. The summed E-state index contributed by atoms with van der Waals surface area (Å²) in [5, 5.41) is 0. The molecule has 2 nitrogen and oxygen atoms in total. The van der Waals surface area contributed by atoms with Crippen LogP contribution >= 0.6 is 0 Å². The van der Waals surface area contributed by atoms with E-state index in [-0.39, 0.29) is 6.10 Å². The maximum Gasteiger partial charge on any atom is 0.0943 e. The van der Waals surface area contributed by atoms with Crippen molar-refractivity contribution in [1.82, 2.24) is 0 Å². The predicted molar refractivity (Wildman–Crippen MR) is 45.2 cm³/mol. The molecular weight excluding hydrogens is 138 g/mol. The lowest BCUT2D eigenvalue weighted by atomic mass is 10.1. The Kier molecular flexibility index (Phi) is 3.08. The standard InChI is InChI=1S/C9H13NO/c1-11-9(7-10)8-5-3-2-4-6-8/h2-6,9H,7,10H2,1H3/t9-/m1/s1. The molecule has 11 heavy (non-hydrogen) atoms.